The van der Waals surface area contributed by atoms with E-state index in [2.05, 4.69) is 5.32 Å². The first-order chi connectivity index (χ1) is 8.02. The summed E-state index contributed by atoms with van der Waals surface area (Å²) in [5.41, 5.74) is -0.981. The van der Waals surface area contributed by atoms with Gasteiger partial charge in [-0.15, -0.1) is 0 Å². The van der Waals surface area contributed by atoms with Crippen molar-refractivity contribution >= 4 is 5.91 Å². The van der Waals surface area contributed by atoms with Crippen LogP contribution in [0.25, 0.3) is 0 Å². The van der Waals surface area contributed by atoms with Gasteiger partial charge in [0.15, 0.2) is 0 Å². The van der Waals surface area contributed by atoms with E-state index < -0.39 is 11.5 Å². The molecule has 5 nitrogen and oxygen atoms in total. The van der Waals surface area contributed by atoms with Crippen LogP contribution >= 0.6 is 0 Å². The summed E-state index contributed by atoms with van der Waals surface area (Å²) in [5, 5.41) is 31.3. The molecule has 4 N–H and O–H groups in total. The Balaban J connectivity index is 2.04. The Bertz CT molecular complexity index is 420. The molecule has 1 aromatic rings. The maximum Gasteiger partial charge on any atom is 0.258 e. The molecule has 0 radical (unpaired) electrons. The van der Waals surface area contributed by atoms with Gasteiger partial charge in [-0.05, 0) is 31.4 Å². The lowest BCUT2D eigenvalue weighted by Crippen LogP contribution is -2.47. The van der Waals surface area contributed by atoms with Gasteiger partial charge in [-0.2, -0.15) is 0 Å². The molecule has 2 rings (SSSR count). The van der Waals surface area contributed by atoms with E-state index in [4.69, 9.17) is 0 Å². The van der Waals surface area contributed by atoms with Crippen molar-refractivity contribution in [2.45, 2.75) is 24.9 Å². The van der Waals surface area contributed by atoms with Gasteiger partial charge in [0.05, 0.1) is 5.60 Å². The fraction of sp³-hybridized carbons (Fsp3) is 0.417. The molecule has 0 aromatic heterocycles. The van der Waals surface area contributed by atoms with Crippen LogP contribution < -0.4 is 5.32 Å². The third kappa shape index (κ3) is 2.34. The summed E-state index contributed by atoms with van der Waals surface area (Å²) in [6.45, 7) is 0.138. The minimum atomic E-state index is -0.824. The second-order valence-corrected chi connectivity index (χ2v) is 4.43. The number of carbonyl (C=O) groups is 1. The smallest absolute Gasteiger partial charge is 0.258 e. The van der Waals surface area contributed by atoms with E-state index in [9.17, 15) is 20.1 Å². The van der Waals surface area contributed by atoms with E-state index >= 15 is 0 Å². The lowest BCUT2D eigenvalue weighted by Gasteiger charge is -2.36. The Morgan fingerprint density at radius 3 is 2.35 bits per heavy atom. The fourth-order valence-corrected chi connectivity index (χ4v) is 1.86. The van der Waals surface area contributed by atoms with Gasteiger partial charge in [-0.3, -0.25) is 4.79 Å². The molecule has 1 aliphatic rings. The summed E-state index contributed by atoms with van der Waals surface area (Å²) in [4.78, 5) is 11.7. The number of hydrogen-bond acceptors (Lipinski definition) is 4. The number of nitrogens with one attached hydrogen (secondary N) is 1. The third-order valence-corrected chi connectivity index (χ3v) is 3.11. The number of phenols is 2. The van der Waals surface area contributed by atoms with Gasteiger partial charge in [0.1, 0.15) is 17.1 Å². The molecule has 5 heteroatoms. The van der Waals surface area contributed by atoms with E-state index in [-0.39, 0.29) is 23.6 Å². The van der Waals surface area contributed by atoms with Crippen LogP contribution in [0.15, 0.2) is 18.2 Å². The van der Waals surface area contributed by atoms with E-state index in [0.29, 0.717) is 12.8 Å². The Labute approximate surface area is 98.7 Å². The Hall–Kier alpha value is -1.75. The molecule has 1 aliphatic carbocycles. The van der Waals surface area contributed by atoms with Crippen LogP contribution in [0.5, 0.6) is 11.5 Å². The highest BCUT2D eigenvalue weighted by Crippen LogP contribution is 2.31. The van der Waals surface area contributed by atoms with Gasteiger partial charge >= 0.3 is 0 Å². The first-order valence-electron chi connectivity index (χ1n) is 5.53. The van der Waals surface area contributed by atoms with Crippen LogP contribution in [0.3, 0.4) is 0 Å². The second kappa shape index (κ2) is 4.25. The molecular formula is C12H15NO4. The molecule has 1 amide bonds. The molecule has 0 bridgehead atoms. The SMILES string of the molecule is O=C(NCC1(O)CCC1)c1c(O)cccc1O. The molecule has 1 fully saturated rings. The van der Waals surface area contributed by atoms with Gasteiger partial charge in [0.2, 0.25) is 0 Å². The Kier molecular flexibility index (Phi) is 2.93. The van der Waals surface area contributed by atoms with Crippen LogP contribution in [0.2, 0.25) is 0 Å². The van der Waals surface area contributed by atoms with Gasteiger partial charge < -0.3 is 20.6 Å². The first kappa shape index (κ1) is 11.7. The second-order valence-electron chi connectivity index (χ2n) is 4.43. The number of hydrogen-bond donors (Lipinski definition) is 4. The molecule has 0 spiro atoms. The third-order valence-electron chi connectivity index (χ3n) is 3.11. The number of rotatable bonds is 3. The van der Waals surface area contributed by atoms with Crippen molar-refractivity contribution in [3.63, 3.8) is 0 Å². The zero-order valence-corrected chi connectivity index (χ0v) is 9.31. The van der Waals surface area contributed by atoms with Crippen LogP contribution in [0.4, 0.5) is 0 Å². The molecule has 92 valence electrons. The summed E-state index contributed by atoms with van der Waals surface area (Å²) in [6, 6.07) is 4.10. The van der Waals surface area contributed by atoms with E-state index in [0.717, 1.165) is 6.42 Å². The normalized spacial score (nSPS) is 17.2. The van der Waals surface area contributed by atoms with Gasteiger partial charge in [0.25, 0.3) is 5.91 Å². The molecular weight excluding hydrogens is 222 g/mol. The number of aliphatic hydroxyl groups is 1. The Morgan fingerprint density at radius 1 is 1.29 bits per heavy atom. The fourth-order valence-electron chi connectivity index (χ4n) is 1.86. The lowest BCUT2D eigenvalue weighted by atomic mass is 9.80. The quantitative estimate of drug-likeness (QED) is 0.624. The van der Waals surface area contributed by atoms with Crippen molar-refractivity contribution in [1.29, 1.82) is 0 Å². The highest BCUT2D eigenvalue weighted by Gasteiger charge is 2.34. The summed E-state index contributed by atoms with van der Waals surface area (Å²) in [7, 11) is 0. The monoisotopic (exact) mass is 237 g/mol. The van der Waals surface area contributed by atoms with E-state index in [1.54, 1.807) is 0 Å². The molecule has 1 saturated carbocycles. The highest BCUT2D eigenvalue weighted by atomic mass is 16.3. The first-order valence-corrected chi connectivity index (χ1v) is 5.53. The minimum Gasteiger partial charge on any atom is -0.507 e. The molecule has 0 saturated heterocycles. The molecule has 0 atom stereocenters. The zero-order valence-electron chi connectivity index (χ0n) is 9.31. The van der Waals surface area contributed by atoms with E-state index in [1.807, 2.05) is 0 Å². The predicted octanol–water partition coefficient (Wildman–Crippen LogP) is 0.743. The summed E-state index contributed by atoms with van der Waals surface area (Å²) >= 11 is 0. The maximum atomic E-state index is 11.7. The predicted molar refractivity (Wildman–Crippen MR) is 60.9 cm³/mol. The molecule has 0 aliphatic heterocycles. The Morgan fingerprint density at radius 2 is 1.88 bits per heavy atom. The van der Waals surface area contributed by atoms with Gasteiger partial charge in [-0.1, -0.05) is 6.07 Å². The number of phenolic OH excluding ortho intramolecular Hbond substituents is 2. The van der Waals surface area contributed by atoms with Crippen molar-refractivity contribution < 1.29 is 20.1 Å². The number of aromatic hydroxyl groups is 2. The summed E-state index contributed by atoms with van der Waals surface area (Å²) in [6.07, 6.45) is 2.29. The van der Waals surface area contributed by atoms with Crippen LogP contribution in [-0.2, 0) is 0 Å². The van der Waals surface area contributed by atoms with E-state index in [1.165, 1.54) is 18.2 Å². The number of carbonyl (C=O) groups excluding carboxylic acids is 1. The zero-order chi connectivity index (χ0) is 12.5. The standard InChI is InChI=1S/C12H15NO4/c14-8-3-1-4-9(15)10(8)11(16)13-7-12(17)5-2-6-12/h1,3-4,14-15,17H,2,5-7H2,(H,13,16). The average molecular weight is 237 g/mol. The largest absolute Gasteiger partial charge is 0.507 e. The minimum absolute atomic E-state index is 0.138. The van der Waals surface area contributed by atoms with Crippen LogP contribution in [0.1, 0.15) is 29.6 Å². The van der Waals surface area contributed by atoms with Gasteiger partial charge in [-0.25, -0.2) is 0 Å². The van der Waals surface area contributed by atoms with Crippen molar-refractivity contribution in [3.05, 3.63) is 23.8 Å². The highest BCUT2D eigenvalue weighted by molar-refractivity contribution is 5.99. The molecule has 1 aromatic carbocycles. The molecule has 17 heavy (non-hydrogen) atoms. The number of benzene rings is 1. The number of amides is 1. The van der Waals surface area contributed by atoms with Crippen molar-refractivity contribution in [2.24, 2.45) is 0 Å². The average Bonchev–Trinajstić information content (AvgIpc) is 2.23. The lowest BCUT2D eigenvalue weighted by molar-refractivity contribution is -0.0300. The maximum absolute atomic E-state index is 11.7. The molecule has 0 heterocycles. The van der Waals surface area contributed by atoms with Crippen molar-refractivity contribution in [1.82, 2.24) is 5.32 Å². The van der Waals surface area contributed by atoms with Crippen molar-refractivity contribution in [3.8, 4) is 11.5 Å². The van der Waals surface area contributed by atoms with Crippen LogP contribution in [-0.4, -0.2) is 33.4 Å². The summed E-state index contributed by atoms with van der Waals surface area (Å²) < 4.78 is 0. The van der Waals surface area contributed by atoms with Gasteiger partial charge in [0, 0.05) is 6.54 Å². The van der Waals surface area contributed by atoms with Crippen LogP contribution in [0, 0.1) is 0 Å². The van der Waals surface area contributed by atoms with Crippen molar-refractivity contribution in [2.75, 3.05) is 6.54 Å². The summed E-state index contributed by atoms with van der Waals surface area (Å²) in [5.74, 6) is -1.13. The molecule has 0 unspecified atom stereocenters. The topological polar surface area (TPSA) is 89.8 Å².